The average molecular weight is 468 g/mol. The Hall–Kier alpha value is -4.52. The first-order valence-corrected chi connectivity index (χ1v) is 11.2. The third kappa shape index (κ3) is 6.74. The fourth-order valence-electron chi connectivity index (χ4n) is 3.28. The highest BCUT2D eigenvalue weighted by Crippen LogP contribution is 2.18. The summed E-state index contributed by atoms with van der Waals surface area (Å²) in [7, 11) is 0. The Balaban J connectivity index is 1.16. The van der Waals surface area contributed by atoms with E-state index in [1.54, 1.807) is 42.5 Å². The van der Waals surface area contributed by atoms with Crippen LogP contribution < -0.4 is 14.8 Å². The van der Waals surface area contributed by atoms with Crippen LogP contribution in [0.5, 0.6) is 11.6 Å². The molecule has 0 aliphatic heterocycles. The molecule has 3 aromatic carbocycles. The molecular weight excluding hydrogens is 442 g/mol. The molecule has 4 aromatic rings. The summed E-state index contributed by atoms with van der Waals surface area (Å²) in [5, 5.41) is 11.0. The fourth-order valence-corrected chi connectivity index (χ4v) is 3.28. The summed E-state index contributed by atoms with van der Waals surface area (Å²) in [6.07, 6.45) is 0. The minimum atomic E-state index is -0.279. The molecule has 4 rings (SSSR count). The van der Waals surface area contributed by atoms with Gasteiger partial charge in [-0.05, 0) is 37.3 Å². The maximum atomic E-state index is 12.4. The molecular formula is C28H25N3O4. The zero-order valence-corrected chi connectivity index (χ0v) is 19.3. The number of carbonyl (C=O) groups is 2. The van der Waals surface area contributed by atoms with Crippen molar-refractivity contribution in [3.8, 4) is 22.9 Å². The van der Waals surface area contributed by atoms with Crippen LogP contribution >= 0.6 is 0 Å². The molecule has 1 N–H and O–H groups in total. The first-order valence-electron chi connectivity index (χ1n) is 11.2. The Labute approximate surface area is 203 Å². The van der Waals surface area contributed by atoms with Gasteiger partial charge in [-0.3, -0.25) is 9.59 Å². The number of amides is 1. The van der Waals surface area contributed by atoms with Crippen molar-refractivity contribution in [2.45, 2.75) is 6.92 Å². The van der Waals surface area contributed by atoms with Gasteiger partial charge in [-0.1, -0.05) is 60.2 Å². The molecule has 176 valence electrons. The van der Waals surface area contributed by atoms with Gasteiger partial charge in [0.05, 0.1) is 12.2 Å². The van der Waals surface area contributed by atoms with Gasteiger partial charge in [0.25, 0.3) is 5.91 Å². The highest BCUT2D eigenvalue weighted by atomic mass is 16.5. The maximum absolute atomic E-state index is 12.4. The summed E-state index contributed by atoms with van der Waals surface area (Å²) in [6, 6.07) is 27.4. The number of aryl methyl sites for hydroxylation is 1. The first-order chi connectivity index (χ1) is 17.1. The van der Waals surface area contributed by atoms with E-state index in [4.69, 9.17) is 9.47 Å². The van der Waals surface area contributed by atoms with Crippen LogP contribution in [-0.2, 0) is 4.79 Å². The number of nitrogens with zero attached hydrogens (tertiary/aromatic N) is 2. The number of ketones is 1. The van der Waals surface area contributed by atoms with Gasteiger partial charge in [0, 0.05) is 22.8 Å². The molecule has 7 nitrogen and oxygen atoms in total. The van der Waals surface area contributed by atoms with Crippen molar-refractivity contribution in [3.05, 3.63) is 108 Å². The van der Waals surface area contributed by atoms with E-state index in [-0.39, 0.29) is 24.9 Å². The lowest BCUT2D eigenvalue weighted by Crippen LogP contribution is -2.32. The Morgan fingerprint density at radius 3 is 2.17 bits per heavy atom. The first kappa shape index (κ1) is 23.6. The van der Waals surface area contributed by atoms with Gasteiger partial charge < -0.3 is 14.8 Å². The van der Waals surface area contributed by atoms with Crippen LogP contribution in [0, 0.1) is 6.92 Å². The number of hydrogen-bond donors (Lipinski definition) is 1. The zero-order valence-electron chi connectivity index (χ0n) is 19.3. The minimum absolute atomic E-state index is 0.0654. The molecule has 1 amide bonds. The molecule has 0 unspecified atom stereocenters. The van der Waals surface area contributed by atoms with Crippen molar-refractivity contribution in [3.63, 3.8) is 0 Å². The number of hydrogen-bond acceptors (Lipinski definition) is 6. The largest absolute Gasteiger partial charge is 0.484 e. The van der Waals surface area contributed by atoms with Crippen molar-refractivity contribution in [1.29, 1.82) is 0 Å². The van der Waals surface area contributed by atoms with Crippen molar-refractivity contribution < 1.29 is 19.1 Å². The summed E-state index contributed by atoms with van der Waals surface area (Å²) in [4.78, 5) is 24.5. The van der Waals surface area contributed by atoms with Crippen LogP contribution in [0.4, 0.5) is 0 Å². The van der Waals surface area contributed by atoms with Crippen LogP contribution in [0.1, 0.15) is 21.5 Å². The molecule has 0 aliphatic carbocycles. The summed E-state index contributed by atoms with van der Waals surface area (Å²) in [6.45, 7) is 2.44. The molecule has 0 spiro atoms. The Morgan fingerprint density at radius 2 is 1.49 bits per heavy atom. The van der Waals surface area contributed by atoms with Crippen molar-refractivity contribution in [2.75, 3.05) is 19.8 Å². The van der Waals surface area contributed by atoms with Gasteiger partial charge in [-0.25, -0.2) is 0 Å². The van der Waals surface area contributed by atoms with Crippen LogP contribution in [-0.4, -0.2) is 41.6 Å². The molecule has 35 heavy (non-hydrogen) atoms. The van der Waals surface area contributed by atoms with Crippen LogP contribution in [0.2, 0.25) is 0 Å². The van der Waals surface area contributed by atoms with Crippen molar-refractivity contribution in [1.82, 2.24) is 15.5 Å². The second-order valence-corrected chi connectivity index (χ2v) is 7.83. The zero-order chi connectivity index (χ0) is 24.5. The predicted molar refractivity (Wildman–Crippen MR) is 133 cm³/mol. The molecule has 0 saturated carbocycles. The van der Waals surface area contributed by atoms with E-state index in [0.29, 0.717) is 29.3 Å². The molecule has 1 aromatic heterocycles. The fraction of sp³-hybridized carbons (Fsp3) is 0.143. The lowest BCUT2D eigenvalue weighted by molar-refractivity contribution is -0.123. The Bertz CT molecular complexity index is 1260. The lowest BCUT2D eigenvalue weighted by Gasteiger charge is -2.09. The van der Waals surface area contributed by atoms with Gasteiger partial charge in [0.2, 0.25) is 5.88 Å². The minimum Gasteiger partial charge on any atom is -0.484 e. The molecule has 0 bridgehead atoms. The van der Waals surface area contributed by atoms with E-state index >= 15 is 0 Å². The number of ether oxygens (including phenoxy) is 2. The normalized spacial score (nSPS) is 10.4. The summed E-state index contributed by atoms with van der Waals surface area (Å²) in [5.41, 5.74) is 4.11. The topological polar surface area (TPSA) is 90.4 Å². The summed E-state index contributed by atoms with van der Waals surface area (Å²) in [5.74, 6) is 0.546. The van der Waals surface area contributed by atoms with Gasteiger partial charge >= 0.3 is 0 Å². The number of benzene rings is 3. The van der Waals surface area contributed by atoms with E-state index < -0.39 is 0 Å². The van der Waals surface area contributed by atoms with Gasteiger partial charge in [-0.15, -0.1) is 10.2 Å². The van der Waals surface area contributed by atoms with Crippen LogP contribution in [0.25, 0.3) is 11.3 Å². The third-order valence-electron chi connectivity index (χ3n) is 5.18. The molecule has 0 fully saturated rings. The average Bonchev–Trinajstić information content (AvgIpc) is 2.91. The highest BCUT2D eigenvalue weighted by Gasteiger charge is 2.09. The molecule has 0 saturated heterocycles. The molecule has 1 heterocycles. The quantitative estimate of drug-likeness (QED) is 0.277. The van der Waals surface area contributed by atoms with E-state index in [9.17, 15) is 9.59 Å². The van der Waals surface area contributed by atoms with Gasteiger partial charge in [0.15, 0.2) is 12.4 Å². The van der Waals surface area contributed by atoms with Crippen LogP contribution in [0.15, 0.2) is 91.0 Å². The Morgan fingerprint density at radius 1 is 0.771 bits per heavy atom. The lowest BCUT2D eigenvalue weighted by atomic mass is 10.0. The predicted octanol–water partition coefficient (Wildman–Crippen LogP) is 4.26. The second-order valence-electron chi connectivity index (χ2n) is 7.83. The monoisotopic (exact) mass is 467 g/mol. The van der Waals surface area contributed by atoms with E-state index in [2.05, 4.69) is 15.5 Å². The van der Waals surface area contributed by atoms with Gasteiger partial charge in [-0.2, -0.15) is 0 Å². The van der Waals surface area contributed by atoms with Crippen molar-refractivity contribution >= 4 is 11.7 Å². The molecule has 0 radical (unpaired) electrons. The van der Waals surface area contributed by atoms with Crippen LogP contribution in [0.3, 0.4) is 0 Å². The van der Waals surface area contributed by atoms with Crippen molar-refractivity contribution in [2.24, 2.45) is 0 Å². The smallest absolute Gasteiger partial charge is 0.258 e. The third-order valence-corrected chi connectivity index (χ3v) is 5.18. The Kier molecular flexibility index (Phi) is 7.81. The molecule has 0 atom stereocenters. The standard InChI is InChI=1S/C28H25N3O4/c1-20-7-9-21(10-8-20)25-15-16-27(31-30-25)34-18-17-29-26(32)19-35-24-13-11-23(12-14-24)28(33)22-5-3-2-4-6-22/h2-16H,17-19H2,1H3,(H,29,32). The summed E-state index contributed by atoms with van der Waals surface area (Å²) < 4.78 is 11.0. The van der Waals surface area contributed by atoms with Gasteiger partial charge in [0.1, 0.15) is 12.4 Å². The van der Waals surface area contributed by atoms with E-state index in [1.807, 2.05) is 55.5 Å². The van der Waals surface area contributed by atoms with E-state index in [0.717, 1.165) is 11.3 Å². The summed E-state index contributed by atoms with van der Waals surface area (Å²) >= 11 is 0. The number of nitrogens with one attached hydrogen (secondary N) is 1. The highest BCUT2D eigenvalue weighted by molar-refractivity contribution is 6.09. The molecule has 7 heteroatoms. The molecule has 0 aliphatic rings. The SMILES string of the molecule is Cc1ccc(-c2ccc(OCCNC(=O)COc3ccc(C(=O)c4ccccc4)cc3)nn2)cc1. The number of aromatic nitrogens is 2. The second kappa shape index (κ2) is 11.6. The van der Waals surface area contributed by atoms with E-state index in [1.165, 1.54) is 5.56 Å². The number of rotatable bonds is 10. The number of carbonyl (C=O) groups excluding carboxylic acids is 2. The maximum Gasteiger partial charge on any atom is 0.258 e.